The Labute approximate surface area is 153 Å². The molecule has 1 aromatic heterocycles. The van der Waals surface area contributed by atoms with Gasteiger partial charge in [-0.1, -0.05) is 35.9 Å². The topological polar surface area (TPSA) is 85.1 Å². The van der Waals surface area contributed by atoms with E-state index in [1.165, 1.54) is 0 Å². The van der Waals surface area contributed by atoms with Crippen molar-refractivity contribution in [3.63, 3.8) is 0 Å². The van der Waals surface area contributed by atoms with E-state index in [0.717, 1.165) is 16.7 Å². The van der Waals surface area contributed by atoms with Crippen LogP contribution < -0.4 is 4.72 Å². The highest BCUT2D eigenvalue weighted by atomic mass is 32.2. The predicted octanol–water partition coefficient (Wildman–Crippen LogP) is 3.45. The third-order valence-corrected chi connectivity index (χ3v) is 5.83. The molecule has 0 atom stereocenters. The maximum Gasteiger partial charge on any atom is 0.248 e. The lowest BCUT2D eigenvalue weighted by molar-refractivity contribution is 0.494. The number of aryl methyl sites for hydroxylation is 4. The van der Waals surface area contributed by atoms with Crippen molar-refractivity contribution in [2.24, 2.45) is 0 Å². The second-order valence-corrected chi connectivity index (χ2v) is 8.07. The summed E-state index contributed by atoms with van der Waals surface area (Å²) in [6.45, 7) is 7.41. The SMILES string of the molecule is Cc1cc(C)c(S(=O)(=O)NCc2nnc(-c3ccccc3C)o2)c(C)c1. The summed E-state index contributed by atoms with van der Waals surface area (Å²) < 4.78 is 33.5. The summed E-state index contributed by atoms with van der Waals surface area (Å²) in [4.78, 5) is 0.293. The third kappa shape index (κ3) is 3.68. The number of rotatable bonds is 5. The van der Waals surface area contributed by atoms with Gasteiger partial charge in [0.1, 0.15) is 0 Å². The van der Waals surface area contributed by atoms with Crippen molar-refractivity contribution in [1.29, 1.82) is 0 Å². The first-order valence-corrected chi connectivity index (χ1v) is 9.72. The van der Waals surface area contributed by atoms with E-state index < -0.39 is 10.0 Å². The molecular weight excluding hydrogens is 350 g/mol. The fourth-order valence-electron chi connectivity index (χ4n) is 3.07. The van der Waals surface area contributed by atoms with Crippen LogP contribution in [0.5, 0.6) is 0 Å². The first-order chi connectivity index (χ1) is 12.3. The molecule has 1 heterocycles. The Morgan fingerprint density at radius 3 is 2.27 bits per heavy atom. The van der Waals surface area contributed by atoms with Crippen molar-refractivity contribution in [2.75, 3.05) is 0 Å². The van der Waals surface area contributed by atoms with E-state index in [-0.39, 0.29) is 12.4 Å². The van der Waals surface area contributed by atoms with Crippen LogP contribution in [-0.4, -0.2) is 18.6 Å². The molecule has 3 aromatic rings. The Morgan fingerprint density at radius 2 is 1.62 bits per heavy atom. The highest BCUT2D eigenvalue weighted by Crippen LogP contribution is 2.23. The zero-order valence-electron chi connectivity index (χ0n) is 15.2. The van der Waals surface area contributed by atoms with Crippen LogP contribution in [0.3, 0.4) is 0 Å². The summed E-state index contributed by atoms with van der Waals surface area (Å²) in [5.74, 6) is 0.592. The molecule has 26 heavy (non-hydrogen) atoms. The smallest absolute Gasteiger partial charge is 0.248 e. The molecule has 0 aliphatic heterocycles. The van der Waals surface area contributed by atoms with Crippen molar-refractivity contribution in [3.8, 4) is 11.5 Å². The minimum absolute atomic E-state index is 0.0615. The zero-order chi connectivity index (χ0) is 18.9. The van der Waals surface area contributed by atoms with Crippen LogP contribution >= 0.6 is 0 Å². The van der Waals surface area contributed by atoms with Gasteiger partial charge in [-0.2, -0.15) is 0 Å². The van der Waals surface area contributed by atoms with E-state index in [2.05, 4.69) is 14.9 Å². The fourth-order valence-corrected chi connectivity index (χ4v) is 4.49. The van der Waals surface area contributed by atoms with E-state index in [0.29, 0.717) is 21.9 Å². The molecule has 136 valence electrons. The number of sulfonamides is 1. The summed E-state index contributed by atoms with van der Waals surface area (Å²) in [5.41, 5.74) is 4.29. The van der Waals surface area contributed by atoms with Crippen molar-refractivity contribution < 1.29 is 12.8 Å². The van der Waals surface area contributed by atoms with Crippen LogP contribution in [0, 0.1) is 27.7 Å². The van der Waals surface area contributed by atoms with Gasteiger partial charge in [0.2, 0.25) is 21.8 Å². The highest BCUT2D eigenvalue weighted by molar-refractivity contribution is 7.89. The standard InChI is InChI=1S/C19H21N3O3S/c1-12-9-14(3)18(15(4)10-12)26(23,24)20-11-17-21-22-19(25-17)16-8-6-5-7-13(16)2/h5-10,20H,11H2,1-4H3. The molecule has 0 bridgehead atoms. The normalized spacial score (nSPS) is 11.7. The molecule has 0 aliphatic carbocycles. The van der Waals surface area contributed by atoms with Crippen LogP contribution in [0.15, 0.2) is 45.7 Å². The Bertz CT molecular complexity index is 1030. The second-order valence-electron chi connectivity index (χ2n) is 6.37. The summed E-state index contributed by atoms with van der Waals surface area (Å²) in [5, 5.41) is 7.96. The maximum absolute atomic E-state index is 12.7. The fraction of sp³-hybridized carbons (Fsp3) is 0.263. The van der Waals surface area contributed by atoms with Crippen LogP contribution in [0.2, 0.25) is 0 Å². The van der Waals surface area contributed by atoms with Crippen LogP contribution in [-0.2, 0) is 16.6 Å². The predicted molar refractivity (Wildman–Crippen MR) is 99.1 cm³/mol. The summed E-state index contributed by atoms with van der Waals surface area (Å²) in [6, 6.07) is 11.4. The molecule has 0 fully saturated rings. The second kappa shape index (κ2) is 7.01. The highest BCUT2D eigenvalue weighted by Gasteiger charge is 2.21. The van der Waals surface area contributed by atoms with E-state index in [1.807, 2.05) is 50.2 Å². The lowest BCUT2D eigenvalue weighted by Crippen LogP contribution is -2.25. The number of benzene rings is 2. The molecule has 0 spiro atoms. The molecule has 0 unspecified atom stereocenters. The Balaban J connectivity index is 1.81. The van der Waals surface area contributed by atoms with E-state index in [1.54, 1.807) is 13.8 Å². The number of nitrogens with one attached hydrogen (secondary N) is 1. The van der Waals surface area contributed by atoms with Gasteiger partial charge in [0, 0.05) is 5.56 Å². The zero-order valence-corrected chi connectivity index (χ0v) is 16.0. The van der Waals surface area contributed by atoms with Crippen molar-refractivity contribution in [1.82, 2.24) is 14.9 Å². The largest absolute Gasteiger partial charge is 0.419 e. The van der Waals surface area contributed by atoms with E-state index in [4.69, 9.17) is 4.42 Å². The van der Waals surface area contributed by atoms with E-state index >= 15 is 0 Å². The Kier molecular flexibility index (Phi) is 4.93. The first kappa shape index (κ1) is 18.3. The van der Waals surface area contributed by atoms with E-state index in [9.17, 15) is 8.42 Å². The molecular formula is C19H21N3O3S. The van der Waals surface area contributed by atoms with Gasteiger partial charge in [-0.25, -0.2) is 13.1 Å². The first-order valence-electron chi connectivity index (χ1n) is 8.24. The maximum atomic E-state index is 12.7. The third-order valence-electron chi connectivity index (χ3n) is 4.13. The Morgan fingerprint density at radius 1 is 0.962 bits per heavy atom. The quantitative estimate of drug-likeness (QED) is 0.742. The number of nitrogens with zero attached hydrogens (tertiary/aromatic N) is 2. The molecule has 0 radical (unpaired) electrons. The van der Waals surface area contributed by atoms with Crippen molar-refractivity contribution >= 4 is 10.0 Å². The van der Waals surface area contributed by atoms with Crippen molar-refractivity contribution in [3.05, 3.63) is 64.5 Å². The van der Waals surface area contributed by atoms with Gasteiger partial charge in [0.15, 0.2) is 0 Å². The minimum atomic E-state index is -3.68. The molecule has 6 nitrogen and oxygen atoms in total. The molecule has 0 saturated carbocycles. The van der Waals surface area contributed by atoms with Crippen LogP contribution in [0.25, 0.3) is 11.5 Å². The lowest BCUT2D eigenvalue weighted by atomic mass is 10.1. The molecule has 0 aliphatic rings. The van der Waals surface area contributed by atoms with Gasteiger partial charge in [0.25, 0.3) is 0 Å². The molecule has 2 aromatic carbocycles. The molecule has 3 rings (SSSR count). The van der Waals surface area contributed by atoms with Gasteiger partial charge < -0.3 is 4.42 Å². The monoisotopic (exact) mass is 371 g/mol. The molecule has 0 amide bonds. The molecule has 1 N–H and O–H groups in total. The van der Waals surface area contributed by atoms with Crippen molar-refractivity contribution in [2.45, 2.75) is 39.1 Å². The van der Waals surface area contributed by atoms with Gasteiger partial charge in [-0.05, 0) is 50.5 Å². The van der Waals surface area contributed by atoms with Gasteiger partial charge >= 0.3 is 0 Å². The van der Waals surface area contributed by atoms with Gasteiger partial charge in [-0.15, -0.1) is 10.2 Å². The summed E-state index contributed by atoms with van der Waals surface area (Å²) in [7, 11) is -3.68. The number of aromatic nitrogens is 2. The summed E-state index contributed by atoms with van der Waals surface area (Å²) in [6.07, 6.45) is 0. The number of hydrogen-bond donors (Lipinski definition) is 1. The Hall–Kier alpha value is -2.51. The lowest BCUT2D eigenvalue weighted by Gasteiger charge is -2.12. The van der Waals surface area contributed by atoms with Crippen LogP contribution in [0.1, 0.15) is 28.1 Å². The van der Waals surface area contributed by atoms with Gasteiger partial charge in [0.05, 0.1) is 11.4 Å². The average molecular weight is 371 g/mol. The van der Waals surface area contributed by atoms with Gasteiger partial charge in [-0.3, -0.25) is 0 Å². The number of hydrogen-bond acceptors (Lipinski definition) is 5. The minimum Gasteiger partial charge on any atom is -0.419 e. The summed E-state index contributed by atoms with van der Waals surface area (Å²) >= 11 is 0. The molecule has 0 saturated heterocycles. The van der Waals surface area contributed by atoms with Crippen LogP contribution in [0.4, 0.5) is 0 Å². The molecule has 7 heteroatoms. The average Bonchev–Trinajstić information content (AvgIpc) is 3.01.